The van der Waals surface area contributed by atoms with Gasteiger partial charge in [0.2, 0.25) is 10.0 Å². The maximum Gasteiger partial charge on any atom is 0.305 e. The van der Waals surface area contributed by atoms with Gasteiger partial charge in [0, 0.05) is 18.5 Å². The molecule has 6 nitrogen and oxygen atoms in total. The SMILES string of the molecule is COC(=O)CCCS(=O)(=O)NC1CCCCC1N. The Morgan fingerprint density at radius 1 is 1.39 bits per heavy atom. The second kappa shape index (κ2) is 7.06. The van der Waals surface area contributed by atoms with Crippen molar-refractivity contribution >= 4 is 16.0 Å². The smallest absolute Gasteiger partial charge is 0.305 e. The van der Waals surface area contributed by atoms with Crippen LogP contribution >= 0.6 is 0 Å². The van der Waals surface area contributed by atoms with Gasteiger partial charge in [0.15, 0.2) is 0 Å². The van der Waals surface area contributed by atoms with E-state index in [1.165, 1.54) is 7.11 Å². The molecule has 0 aliphatic heterocycles. The second-order valence-electron chi connectivity index (χ2n) is 4.67. The van der Waals surface area contributed by atoms with Gasteiger partial charge in [0.05, 0.1) is 12.9 Å². The standard InChI is InChI=1S/C11H22N2O4S/c1-17-11(14)7-4-8-18(15,16)13-10-6-3-2-5-9(10)12/h9-10,13H,2-8,12H2,1H3. The molecule has 0 aromatic rings. The maximum absolute atomic E-state index is 11.8. The van der Waals surface area contributed by atoms with Crippen LogP contribution in [-0.4, -0.2) is 39.3 Å². The average molecular weight is 278 g/mol. The number of hydrogen-bond acceptors (Lipinski definition) is 5. The summed E-state index contributed by atoms with van der Waals surface area (Å²) in [5.74, 6) is -0.453. The van der Waals surface area contributed by atoms with E-state index in [4.69, 9.17) is 5.73 Å². The van der Waals surface area contributed by atoms with Crippen molar-refractivity contribution in [1.29, 1.82) is 0 Å². The topological polar surface area (TPSA) is 98.5 Å². The van der Waals surface area contributed by atoms with Crippen LogP contribution in [0.4, 0.5) is 0 Å². The van der Waals surface area contributed by atoms with E-state index in [1.807, 2.05) is 0 Å². The summed E-state index contributed by atoms with van der Waals surface area (Å²) in [6, 6.07) is -0.268. The Kier molecular flexibility index (Phi) is 6.04. The first kappa shape index (κ1) is 15.4. The fourth-order valence-corrected chi connectivity index (χ4v) is 3.50. The van der Waals surface area contributed by atoms with E-state index in [0.717, 1.165) is 25.7 Å². The quantitative estimate of drug-likeness (QED) is 0.673. The third kappa shape index (κ3) is 5.32. The van der Waals surface area contributed by atoms with E-state index in [0.29, 0.717) is 0 Å². The van der Waals surface area contributed by atoms with Gasteiger partial charge in [-0.15, -0.1) is 0 Å². The molecule has 1 aliphatic rings. The third-order valence-electron chi connectivity index (χ3n) is 3.17. The second-order valence-corrected chi connectivity index (χ2v) is 6.54. The molecule has 1 fully saturated rings. The predicted octanol–water partition coefficient (Wildman–Crippen LogP) is 0.129. The van der Waals surface area contributed by atoms with Crippen LogP contribution < -0.4 is 10.5 Å². The van der Waals surface area contributed by atoms with Gasteiger partial charge >= 0.3 is 5.97 Å². The highest BCUT2D eigenvalue weighted by atomic mass is 32.2. The molecular weight excluding hydrogens is 256 g/mol. The van der Waals surface area contributed by atoms with Crippen LogP contribution in [0.1, 0.15) is 38.5 Å². The Morgan fingerprint density at radius 2 is 2.06 bits per heavy atom. The number of carbonyl (C=O) groups is 1. The number of ether oxygens (including phenoxy) is 1. The largest absolute Gasteiger partial charge is 0.469 e. The molecule has 0 spiro atoms. The number of methoxy groups -OCH3 is 1. The minimum Gasteiger partial charge on any atom is -0.469 e. The van der Waals surface area contributed by atoms with Gasteiger partial charge in [0.25, 0.3) is 0 Å². The van der Waals surface area contributed by atoms with E-state index < -0.39 is 10.0 Å². The lowest BCUT2D eigenvalue weighted by molar-refractivity contribution is -0.140. The monoisotopic (exact) mass is 278 g/mol. The Morgan fingerprint density at radius 3 is 2.67 bits per heavy atom. The van der Waals surface area contributed by atoms with Crippen molar-refractivity contribution in [3.05, 3.63) is 0 Å². The number of hydrogen-bond donors (Lipinski definition) is 2. The Balaban J connectivity index is 2.36. The Bertz CT molecular complexity index is 369. The summed E-state index contributed by atoms with van der Waals surface area (Å²) >= 11 is 0. The molecule has 18 heavy (non-hydrogen) atoms. The van der Waals surface area contributed by atoms with Crippen molar-refractivity contribution in [3.8, 4) is 0 Å². The summed E-state index contributed by atoms with van der Waals surface area (Å²) in [5, 5.41) is 0. The fraction of sp³-hybridized carbons (Fsp3) is 0.909. The summed E-state index contributed by atoms with van der Waals surface area (Å²) in [6.07, 6.45) is 4.09. The molecule has 3 N–H and O–H groups in total. The van der Waals surface area contributed by atoms with E-state index >= 15 is 0 Å². The number of nitrogens with one attached hydrogen (secondary N) is 1. The minimum atomic E-state index is -3.36. The van der Waals surface area contributed by atoms with Crippen LogP contribution in [0.2, 0.25) is 0 Å². The zero-order valence-electron chi connectivity index (χ0n) is 10.7. The zero-order chi connectivity index (χ0) is 13.6. The van der Waals surface area contributed by atoms with Crippen molar-refractivity contribution in [2.45, 2.75) is 50.6 Å². The van der Waals surface area contributed by atoms with E-state index in [2.05, 4.69) is 9.46 Å². The first-order valence-corrected chi connectivity index (χ1v) is 7.92. The van der Waals surface area contributed by atoms with Crippen molar-refractivity contribution in [2.75, 3.05) is 12.9 Å². The van der Waals surface area contributed by atoms with Gasteiger partial charge in [-0.1, -0.05) is 12.8 Å². The summed E-state index contributed by atoms with van der Waals surface area (Å²) in [6.45, 7) is 0. The van der Waals surface area contributed by atoms with E-state index in [1.54, 1.807) is 0 Å². The summed E-state index contributed by atoms with van der Waals surface area (Å²) < 4.78 is 30.7. The lowest BCUT2D eigenvalue weighted by Gasteiger charge is -2.29. The zero-order valence-corrected chi connectivity index (χ0v) is 11.5. The van der Waals surface area contributed by atoms with Gasteiger partial charge in [-0.3, -0.25) is 4.79 Å². The van der Waals surface area contributed by atoms with Crippen LogP contribution in [0.25, 0.3) is 0 Å². The molecule has 106 valence electrons. The molecule has 0 bridgehead atoms. The third-order valence-corrected chi connectivity index (χ3v) is 4.66. The van der Waals surface area contributed by atoms with E-state index in [-0.39, 0.29) is 36.6 Å². The van der Waals surface area contributed by atoms with Crippen LogP contribution in [0.3, 0.4) is 0 Å². The molecule has 0 aromatic carbocycles. The van der Waals surface area contributed by atoms with Crippen LogP contribution in [0.5, 0.6) is 0 Å². The number of sulfonamides is 1. The molecule has 2 unspecified atom stereocenters. The lowest BCUT2D eigenvalue weighted by Crippen LogP contribution is -2.49. The van der Waals surface area contributed by atoms with Gasteiger partial charge < -0.3 is 10.5 Å². The van der Waals surface area contributed by atoms with E-state index in [9.17, 15) is 13.2 Å². The molecule has 0 aromatic heterocycles. The Labute approximate surface area is 108 Å². The van der Waals surface area contributed by atoms with Crippen LogP contribution in [-0.2, 0) is 19.6 Å². The molecule has 0 amide bonds. The first-order chi connectivity index (χ1) is 8.44. The number of rotatable bonds is 6. The number of nitrogens with two attached hydrogens (primary N) is 1. The molecule has 2 atom stereocenters. The molecular formula is C11H22N2O4S. The summed E-state index contributed by atoms with van der Waals surface area (Å²) in [7, 11) is -2.07. The van der Waals surface area contributed by atoms with Crippen molar-refractivity contribution < 1.29 is 17.9 Å². The van der Waals surface area contributed by atoms with Crippen molar-refractivity contribution in [3.63, 3.8) is 0 Å². The summed E-state index contributed by atoms with van der Waals surface area (Å²) in [5.41, 5.74) is 5.88. The molecule has 1 saturated carbocycles. The normalized spacial score (nSPS) is 24.8. The van der Waals surface area contributed by atoms with Gasteiger partial charge in [-0.25, -0.2) is 13.1 Å². The first-order valence-electron chi connectivity index (χ1n) is 6.27. The van der Waals surface area contributed by atoms with Gasteiger partial charge in [-0.05, 0) is 19.3 Å². The molecule has 0 heterocycles. The molecule has 1 aliphatic carbocycles. The molecule has 0 saturated heterocycles. The van der Waals surface area contributed by atoms with Crippen LogP contribution in [0.15, 0.2) is 0 Å². The Hall–Kier alpha value is -0.660. The highest BCUT2D eigenvalue weighted by Gasteiger charge is 2.25. The predicted molar refractivity (Wildman–Crippen MR) is 68.4 cm³/mol. The minimum absolute atomic E-state index is 0.0642. The highest BCUT2D eigenvalue weighted by Crippen LogP contribution is 2.17. The van der Waals surface area contributed by atoms with Gasteiger partial charge in [0.1, 0.15) is 0 Å². The van der Waals surface area contributed by atoms with Gasteiger partial charge in [-0.2, -0.15) is 0 Å². The van der Waals surface area contributed by atoms with Crippen molar-refractivity contribution in [2.24, 2.45) is 5.73 Å². The van der Waals surface area contributed by atoms with Crippen molar-refractivity contribution in [1.82, 2.24) is 4.72 Å². The number of carbonyl (C=O) groups excluding carboxylic acids is 1. The average Bonchev–Trinajstić information content (AvgIpc) is 2.31. The molecule has 0 radical (unpaired) electrons. The lowest BCUT2D eigenvalue weighted by atomic mass is 9.92. The molecule has 1 rings (SSSR count). The molecule has 7 heteroatoms. The summed E-state index contributed by atoms with van der Waals surface area (Å²) in [4.78, 5) is 10.9. The number of esters is 1. The fourth-order valence-electron chi connectivity index (χ4n) is 2.10. The van der Waals surface area contributed by atoms with Crippen LogP contribution in [0, 0.1) is 0 Å². The maximum atomic E-state index is 11.8. The highest BCUT2D eigenvalue weighted by molar-refractivity contribution is 7.89.